The van der Waals surface area contributed by atoms with E-state index in [0.29, 0.717) is 0 Å². The van der Waals surface area contributed by atoms with Gasteiger partial charge in [0.15, 0.2) is 0 Å². The van der Waals surface area contributed by atoms with E-state index in [0.717, 1.165) is 0 Å². The highest BCUT2D eigenvalue weighted by Gasteiger charge is 2.24. The number of phosphoric ester groups is 1. The first kappa shape index (κ1) is 16.8. The van der Waals surface area contributed by atoms with Crippen molar-refractivity contribution >= 4 is 7.82 Å². The predicted octanol–water partition coefficient (Wildman–Crippen LogP) is 4.93. The van der Waals surface area contributed by atoms with Crippen LogP contribution in [-0.4, -0.2) is 4.89 Å². The lowest BCUT2D eigenvalue weighted by molar-refractivity contribution is 0.291. The minimum atomic E-state index is -4.14. The SMILES string of the molecule is O=P(O)(Oc1ccccc1)Oc1ccccc1.c1ccccc1. The van der Waals surface area contributed by atoms with E-state index in [9.17, 15) is 9.46 Å². The van der Waals surface area contributed by atoms with E-state index in [1.165, 1.54) is 0 Å². The van der Waals surface area contributed by atoms with Crippen LogP contribution in [0.4, 0.5) is 0 Å². The van der Waals surface area contributed by atoms with Crippen molar-refractivity contribution in [2.75, 3.05) is 0 Å². The van der Waals surface area contributed by atoms with E-state index in [2.05, 4.69) is 0 Å². The van der Waals surface area contributed by atoms with Gasteiger partial charge in [-0.3, -0.25) is 4.89 Å². The molecule has 0 aliphatic carbocycles. The molecule has 0 atom stereocenters. The summed E-state index contributed by atoms with van der Waals surface area (Å²) in [5.74, 6) is 0.573. The van der Waals surface area contributed by atoms with Crippen LogP contribution in [-0.2, 0) is 4.57 Å². The molecule has 0 radical (unpaired) electrons. The van der Waals surface area contributed by atoms with E-state index in [-0.39, 0.29) is 11.5 Å². The number of benzene rings is 3. The summed E-state index contributed by atoms with van der Waals surface area (Å²) in [6.07, 6.45) is 0. The van der Waals surface area contributed by atoms with E-state index in [1.807, 2.05) is 36.4 Å². The van der Waals surface area contributed by atoms with Gasteiger partial charge in [-0.05, 0) is 24.3 Å². The number of hydrogen-bond donors (Lipinski definition) is 1. The third-order valence-corrected chi connectivity index (χ3v) is 3.48. The molecule has 4 nitrogen and oxygen atoms in total. The van der Waals surface area contributed by atoms with Crippen LogP contribution in [0.1, 0.15) is 0 Å². The van der Waals surface area contributed by atoms with Gasteiger partial charge in [-0.15, -0.1) is 0 Å². The van der Waals surface area contributed by atoms with E-state index >= 15 is 0 Å². The van der Waals surface area contributed by atoms with Crippen molar-refractivity contribution in [1.29, 1.82) is 0 Å². The molecule has 0 aliphatic rings. The summed E-state index contributed by atoms with van der Waals surface area (Å²) in [4.78, 5) is 9.53. The second-order valence-corrected chi connectivity index (χ2v) is 5.73. The molecule has 0 spiro atoms. The van der Waals surface area contributed by atoms with Crippen LogP contribution in [0.3, 0.4) is 0 Å². The molecule has 0 amide bonds. The first-order chi connectivity index (χ1) is 11.2. The lowest BCUT2D eigenvalue weighted by atomic mass is 10.3. The van der Waals surface area contributed by atoms with Gasteiger partial charge in [0.25, 0.3) is 0 Å². The Morgan fingerprint density at radius 3 is 1.13 bits per heavy atom. The molecule has 0 saturated heterocycles. The number of phosphoric acid groups is 1. The van der Waals surface area contributed by atoms with Crippen molar-refractivity contribution in [1.82, 2.24) is 0 Å². The fourth-order valence-electron chi connectivity index (χ4n) is 1.63. The van der Waals surface area contributed by atoms with Gasteiger partial charge in [0, 0.05) is 0 Å². The summed E-state index contributed by atoms with van der Waals surface area (Å²) in [7, 11) is -4.14. The molecule has 3 rings (SSSR count). The first-order valence-corrected chi connectivity index (χ1v) is 8.47. The monoisotopic (exact) mass is 328 g/mol. The van der Waals surface area contributed by atoms with Crippen LogP contribution in [0, 0.1) is 0 Å². The summed E-state index contributed by atoms with van der Waals surface area (Å²) in [6.45, 7) is 0. The Morgan fingerprint density at radius 1 is 0.565 bits per heavy atom. The lowest BCUT2D eigenvalue weighted by Crippen LogP contribution is -1.99. The Balaban J connectivity index is 0.000000268. The zero-order valence-corrected chi connectivity index (χ0v) is 13.3. The van der Waals surface area contributed by atoms with Gasteiger partial charge >= 0.3 is 7.82 Å². The van der Waals surface area contributed by atoms with Crippen LogP contribution in [0.5, 0.6) is 11.5 Å². The Morgan fingerprint density at radius 2 is 0.826 bits per heavy atom. The molecule has 3 aromatic rings. The topological polar surface area (TPSA) is 55.8 Å². The van der Waals surface area contributed by atoms with Crippen molar-refractivity contribution in [3.8, 4) is 11.5 Å². The highest BCUT2D eigenvalue weighted by atomic mass is 31.2. The third kappa shape index (κ3) is 6.83. The van der Waals surface area contributed by atoms with Gasteiger partial charge < -0.3 is 9.05 Å². The summed E-state index contributed by atoms with van der Waals surface area (Å²) in [5, 5.41) is 0. The van der Waals surface area contributed by atoms with Crippen LogP contribution < -0.4 is 9.05 Å². The number of para-hydroxylation sites is 2. The molecule has 5 heteroatoms. The van der Waals surface area contributed by atoms with Crippen molar-refractivity contribution in [3.05, 3.63) is 97.1 Å². The van der Waals surface area contributed by atoms with Crippen LogP contribution in [0.25, 0.3) is 0 Å². The molecule has 0 fully saturated rings. The fraction of sp³-hybridized carbons (Fsp3) is 0. The zero-order valence-electron chi connectivity index (χ0n) is 12.4. The fourth-order valence-corrected chi connectivity index (χ4v) is 2.45. The van der Waals surface area contributed by atoms with Crippen LogP contribution in [0.15, 0.2) is 97.1 Å². The van der Waals surface area contributed by atoms with Crippen molar-refractivity contribution < 1.29 is 18.5 Å². The highest BCUT2D eigenvalue weighted by molar-refractivity contribution is 7.48. The van der Waals surface area contributed by atoms with Crippen LogP contribution >= 0.6 is 7.82 Å². The van der Waals surface area contributed by atoms with E-state index < -0.39 is 7.82 Å². The van der Waals surface area contributed by atoms with Gasteiger partial charge in [0.1, 0.15) is 11.5 Å². The molecule has 0 heterocycles. The molecular formula is C18H17O4P. The van der Waals surface area contributed by atoms with Crippen molar-refractivity contribution in [2.24, 2.45) is 0 Å². The number of hydrogen-bond acceptors (Lipinski definition) is 3. The number of rotatable bonds is 4. The average Bonchev–Trinajstić information content (AvgIpc) is 2.58. The minimum absolute atomic E-state index is 0.286. The molecule has 0 aliphatic heterocycles. The zero-order chi connectivity index (χ0) is 16.4. The van der Waals surface area contributed by atoms with Crippen molar-refractivity contribution in [3.63, 3.8) is 0 Å². The predicted molar refractivity (Wildman–Crippen MR) is 90.4 cm³/mol. The van der Waals surface area contributed by atoms with Gasteiger partial charge in [0.2, 0.25) is 0 Å². The van der Waals surface area contributed by atoms with E-state index in [4.69, 9.17) is 9.05 Å². The maximum Gasteiger partial charge on any atom is 0.584 e. The largest absolute Gasteiger partial charge is 0.584 e. The standard InChI is InChI=1S/C12H11O4P.C6H6/c13-17(14,15-11-7-3-1-4-8-11)16-12-9-5-2-6-10-12;1-2-4-6-5-3-1/h1-10H,(H,13,14);1-6H. The molecule has 1 N–H and O–H groups in total. The molecule has 0 saturated carbocycles. The summed E-state index contributed by atoms with van der Waals surface area (Å²) >= 11 is 0. The quantitative estimate of drug-likeness (QED) is 0.690. The van der Waals surface area contributed by atoms with Gasteiger partial charge in [0.05, 0.1) is 0 Å². The maximum absolute atomic E-state index is 11.7. The van der Waals surface area contributed by atoms with Gasteiger partial charge in [-0.25, -0.2) is 4.57 Å². The summed E-state index contributed by atoms with van der Waals surface area (Å²) in [6, 6.07) is 28.7. The first-order valence-electron chi connectivity index (χ1n) is 6.98. The third-order valence-electron chi connectivity index (χ3n) is 2.59. The lowest BCUT2D eigenvalue weighted by Gasteiger charge is -2.13. The Bertz CT molecular complexity index is 646. The minimum Gasteiger partial charge on any atom is -0.395 e. The van der Waals surface area contributed by atoms with E-state index in [1.54, 1.807) is 60.7 Å². The average molecular weight is 328 g/mol. The normalized spacial score (nSPS) is 10.1. The summed E-state index contributed by atoms with van der Waals surface area (Å²) < 4.78 is 21.5. The Hall–Kier alpha value is -2.55. The molecule has 0 bridgehead atoms. The molecule has 118 valence electrons. The van der Waals surface area contributed by atoms with Gasteiger partial charge in [-0.1, -0.05) is 72.8 Å². The second kappa shape index (κ2) is 8.79. The molecule has 0 unspecified atom stereocenters. The van der Waals surface area contributed by atoms with Gasteiger partial charge in [-0.2, -0.15) is 0 Å². The Labute approximate surface area is 135 Å². The smallest absolute Gasteiger partial charge is 0.395 e. The molecule has 23 heavy (non-hydrogen) atoms. The maximum atomic E-state index is 11.7. The molecule has 3 aromatic carbocycles. The van der Waals surface area contributed by atoms with Crippen LogP contribution in [0.2, 0.25) is 0 Å². The highest BCUT2D eigenvalue weighted by Crippen LogP contribution is 2.43. The second-order valence-electron chi connectivity index (χ2n) is 4.43. The Kier molecular flexibility index (Phi) is 6.42. The molecular weight excluding hydrogens is 311 g/mol. The summed E-state index contributed by atoms with van der Waals surface area (Å²) in [5.41, 5.74) is 0. The van der Waals surface area contributed by atoms with Crippen molar-refractivity contribution in [2.45, 2.75) is 0 Å². The molecule has 0 aromatic heterocycles.